The Hall–Kier alpha value is -1.05. The molecule has 2 nitrogen and oxygen atoms in total. The second-order valence-electron chi connectivity index (χ2n) is 4.30. The van der Waals surface area contributed by atoms with Crippen molar-refractivity contribution in [1.29, 1.82) is 0 Å². The van der Waals surface area contributed by atoms with E-state index in [0.717, 1.165) is 14.5 Å². The average molecular weight is 425 g/mol. The number of hydrogen-bond donors (Lipinski definition) is 1. The fraction of sp³-hybridized carbons (Fsp3) is 0.143. The quantitative estimate of drug-likeness (QED) is 0.738. The van der Waals surface area contributed by atoms with Gasteiger partial charge in [-0.25, -0.2) is 0 Å². The number of rotatable bonds is 3. The van der Waals surface area contributed by atoms with Crippen LogP contribution < -0.4 is 10.5 Å². The molecule has 112 valence electrons. The highest BCUT2D eigenvalue weighted by Gasteiger charge is 2.31. The van der Waals surface area contributed by atoms with Gasteiger partial charge in [-0.15, -0.1) is 13.2 Å². The van der Waals surface area contributed by atoms with Crippen LogP contribution in [0.2, 0.25) is 0 Å². The first-order chi connectivity index (χ1) is 9.74. The minimum absolute atomic E-state index is 0.287. The van der Waals surface area contributed by atoms with E-state index in [1.807, 2.05) is 18.2 Å². The lowest BCUT2D eigenvalue weighted by Crippen LogP contribution is -2.18. The number of alkyl halides is 3. The number of nitrogens with two attached hydrogens (primary N) is 1. The van der Waals surface area contributed by atoms with Crippen LogP contribution in [0.4, 0.5) is 13.2 Å². The van der Waals surface area contributed by atoms with Crippen LogP contribution in [0.15, 0.2) is 51.4 Å². The number of ether oxygens (including phenoxy) is 1. The molecule has 0 aliphatic carbocycles. The van der Waals surface area contributed by atoms with Gasteiger partial charge in [-0.1, -0.05) is 44.0 Å². The van der Waals surface area contributed by atoms with Crippen molar-refractivity contribution in [2.45, 2.75) is 12.4 Å². The summed E-state index contributed by atoms with van der Waals surface area (Å²) in [5.41, 5.74) is 7.40. The van der Waals surface area contributed by atoms with E-state index in [1.54, 1.807) is 6.07 Å². The zero-order valence-corrected chi connectivity index (χ0v) is 13.7. The molecule has 0 fully saturated rings. The van der Waals surface area contributed by atoms with Crippen molar-refractivity contribution in [3.63, 3.8) is 0 Å². The average Bonchev–Trinajstić information content (AvgIpc) is 2.35. The molecule has 0 saturated heterocycles. The Morgan fingerprint density at radius 1 is 0.952 bits per heavy atom. The highest BCUT2D eigenvalue weighted by Crippen LogP contribution is 2.30. The van der Waals surface area contributed by atoms with Crippen LogP contribution in [-0.4, -0.2) is 6.36 Å². The van der Waals surface area contributed by atoms with Crippen molar-refractivity contribution in [2.24, 2.45) is 5.73 Å². The molecule has 7 heteroatoms. The third-order valence-corrected chi connectivity index (χ3v) is 3.61. The summed E-state index contributed by atoms with van der Waals surface area (Å²) in [7, 11) is 0. The van der Waals surface area contributed by atoms with Crippen LogP contribution in [-0.2, 0) is 0 Å². The molecule has 2 aromatic rings. The van der Waals surface area contributed by atoms with Gasteiger partial charge in [0.05, 0.1) is 6.04 Å². The monoisotopic (exact) mass is 423 g/mol. The molecule has 1 atom stereocenters. The van der Waals surface area contributed by atoms with Gasteiger partial charge in [0.15, 0.2) is 0 Å². The van der Waals surface area contributed by atoms with Gasteiger partial charge in [-0.05, 0) is 41.5 Å². The molecular formula is C14H10Br2F3NO. The summed E-state index contributed by atoms with van der Waals surface area (Å²) in [6.07, 6.45) is -4.72. The molecule has 0 spiro atoms. The zero-order valence-electron chi connectivity index (χ0n) is 10.5. The third kappa shape index (κ3) is 4.72. The van der Waals surface area contributed by atoms with Crippen molar-refractivity contribution >= 4 is 31.9 Å². The van der Waals surface area contributed by atoms with Crippen LogP contribution in [0.25, 0.3) is 0 Å². The molecule has 2 aromatic carbocycles. The fourth-order valence-corrected chi connectivity index (χ4v) is 3.18. The summed E-state index contributed by atoms with van der Waals surface area (Å²) in [6.45, 7) is 0. The summed E-state index contributed by atoms with van der Waals surface area (Å²) in [6, 6.07) is 10.6. The summed E-state index contributed by atoms with van der Waals surface area (Å²) in [5, 5.41) is 0. The Kier molecular flexibility index (Phi) is 4.95. The van der Waals surface area contributed by atoms with Gasteiger partial charge >= 0.3 is 6.36 Å². The second-order valence-corrected chi connectivity index (χ2v) is 6.13. The first-order valence-electron chi connectivity index (χ1n) is 5.82. The van der Waals surface area contributed by atoms with Gasteiger partial charge in [-0.2, -0.15) is 0 Å². The molecule has 0 aromatic heterocycles. The Morgan fingerprint density at radius 3 is 2.14 bits per heavy atom. The molecule has 2 rings (SSSR count). The highest BCUT2D eigenvalue weighted by molar-refractivity contribution is 9.11. The lowest BCUT2D eigenvalue weighted by molar-refractivity contribution is -0.274. The maximum atomic E-state index is 12.2. The number of hydrogen-bond acceptors (Lipinski definition) is 2. The second kappa shape index (κ2) is 6.37. The van der Waals surface area contributed by atoms with Crippen molar-refractivity contribution in [3.8, 4) is 5.75 Å². The van der Waals surface area contributed by atoms with Crippen molar-refractivity contribution in [2.75, 3.05) is 0 Å². The predicted molar refractivity (Wildman–Crippen MR) is 81.0 cm³/mol. The Balaban J connectivity index is 2.30. The van der Waals surface area contributed by atoms with Gasteiger partial charge in [0.2, 0.25) is 0 Å². The van der Waals surface area contributed by atoms with E-state index in [1.165, 1.54) is 18.2 Å². The van der Waals surface area contributed by atoms with Gasteiger partial charge in [-0.3, -0.25) is 0 Å². The topological polar surface area (TPSA) is 35.2 Å². The summed E-state index contributed by atoms with van der Waals surface area (Å²) in [5.74, 6) is -0.287. The van der Waals surface area contributed by atoms with Crippen molar-refractivity contribution < 1.29 is 17.9 Å². The van der Waals surface area contributed by atoms with Gasteiger partial charge < -0.3 is 10.5 Å². The molecule has 0 saturated carbocycles. The van der Waals surface area contributed by atoms with Crippen molar-refractivity contribution in [1.82, 2.24) is 0 Å². The van der Waals surface area contributed by atoms with Crippen LogP contribution >= 0.6 is 31.9 Å². The van der Waals surface area contributed by atoms with Gasteiger partial charge in [0, 0.05) is 8.95 Å². The summed E-state index contributed by atoms with van der Waals surface area (Å²) in [4.78, 5) is 0. The van der Waals surface area contributed by atoms with Gasteiger partial charge in [0.25, 0.3) is 0 Å². The number of halogens is 5. The van der Waals surface area contributed by atoms with Crippen molar-refractivity contribution in [3.05, 3.63) is 62.5 Å². The maximum Gasteiger partial charge on any atom is 0.573 e. The van der Waals surface area contributed by atoms with Crippen LogP contribution in [0, 0.1) is 0 Å². The van der Waals surface area contributed by atoms with E-state index >= 15 is 0 Å². The third-order valence-electron chi connectivity index (χ3n) is 2.69. The Labute approximate surface area is 136 Å². The minimum Gasteiger partial charge on any atom is -0.406 e. The van der Waals surface area contributed by atoms with E-state index in [2.05, 4.69) is 36.6 Å². The molecule has 2 N–H and O–H groups in total. The summed E-state index contributed by atoms with van der Waals surface area (Å²) < 4.78 is 42.3. The molecule has 21 heavy (non-hydrogen) atoms. The molecule has 0 amide bonds. The molecule has 0 aliphatic heterocycles. The zero-order chi connectivity index (χ0) is 15.6. The normalized spacial score (nSPS) is 13.0. The summed E-state index contributed by atoms with van der Waals surface area (Å²) >= 11 is 6.70. The van der Waals surface area contributed by atoms with E-state index in [9.17, 15) is 13.2 Å². The van der Waals surface area contributed by atoms with E-state index in [4.69, 9.17) is 5.73 Å². The Morgan fingerprint density at radius 2 is 1.57 bits per heavy atom. The first kappa shape index (κ1) is 16.3. The van der Waals surface area contributed by atoms with Crippen LogP contribution in [0.1, 0.15) is 17.2 Å². The van der Waals surface area contributed by atoms with Gasteiger partial charge in [0.1, 0.15) is 5.75 Å². The molecule has 0 heterocycles. The fourth-order valence-electron chi connectivity index (χ4n) is 1.85. The largest absolute Gasteiger partial charge is 0.573 e. The van der Waals surface area contributed by atoms with E-state index < -0.39 is 12.4 Å². The Bertz CT molecular complexity index is 626. The lowest BCUT2D eigenvalue weighted by Gasteiger charge is -2.15. The van der Waals surface area contributed by atoms with E-state index in [-0.39, 0.29) is 5.75 Å². The number of benzene rings is 2. The first-order valence-corrected chi connectivity index (χ1v) is 7.40. The molecule has 0 aliphatic rings. The molecular weight excluding hydrogens is 415 g/mol. The van der Waals surface area contributed by atoms with Crippen LogP contribution in [0.5, 0.6) is 5.75 Å². The van der Waals surface area contributed by atoms with Crippen LogP contribution in [0.3, 0.4) is 0 Å². The highest BCUT2D eigenvalue weighted by atomic mass is 79.9. The van der Waals surface area contributed by atoms with E-state index in [0.29, 0.717) is 5.56 Å². The molecule has 0 radical (unpaired) electrons. The predicted octanol–water partition coefficient (Wildman–Crippen LogP) is 5.16. The lowest BCUT2D eigenvalue weighted by atomic mass is 9.99. The molecule has 0 bridgehead atoms. The smallest absolute Gasteiger partial charge is 0.406 e. The maximum absolute atomic E-state index is 12.2. The SMILES string of the molecule is NC(c1cc(Br)cc(Br)c1)c1cccc(OC(F)(F)F)c1. The molecule has 1 unspecified atom stereocenters. The standard InChI is InChI=1S/C14H10Br2F3NO/c15-10-4-9(5-11(16)7-10)13(20)8-2-1-3-12(6-8)21-14(17,18)19/h1-7,13H,20H2. The minimum atomic E-state index is -4.72.